The van der Waals surface area contributed by atoms with Gasteiger partial charge >= 0.3 is 0 Å². The van der Waals surface area contributed by atoms with Gasteiger partial charge in [0.2, 0.25) is 12.1 Å². The number of amides is 1. The van der Waals surface area contributed by atoms with Gasteiger partial charge < -0.3 is 25.4 Å². The number of hydrogen-bond acceptors (Lipinski definition) is 8. The van der Waals surface area contributed by atoms with E-state index in [1.54, 1.807) is 0 Å². The van der Waals surface area contributed by atoms with Crippen molar-refractivity contribution in [1.82, 2.24) is 4.98 Å². The predicted octanol–water partition coefficient (Wildman–Crippen LogP) is 3.27. The Morgan fingerprint density at radius 1 is 1.05 bits per heavy atom. The van der Waals surface area contributed by atoms with Crippen LogP contribution in [0.1, 0.15) is 41.3 Å². The Balaban J connectivity index is 1.30. The van der Waals surface area contributed by atoms with Gasteiger partial charge in [-0.25, -0.2) is 9.98 Å². The smallest absolute Gasteiger partial charge is 0.291 e. The van der Waals surface area contributed by atoms with Crippen molar-refractivity contribution in [2.45, 2.75) is 24.9 Å². The summed E-state index contributed by atoms with van der Waals surface area (Å²) in [5.41, 5.74) is 11.1. The van der Waals surface area contributed by atoms with Crippen molar-refractivity contribution in [1.29, 1.82) is 5.41 Å². The van der Waals surface area contributed by atoms with Gasteiger partial charge in [-0.1, -0.05) is 48.5 Å². The molecule has 6 rings (SSSR count). The van der Waals surface area contributed by atoms with E-state index in [-0.39, 0.29) is 11.9 Å². The monoisotopic (exact) mass is 523 g/mol. The lowest BCUT2D eigenvalue weighted by Crippen LogP contribution is -2.37. The number of hydrogen-bond donors (Lipinski definition) is 3. The zero-order valence-corrected chi connectivity index (χ0v) is 21.3. The summed E-state index contributed by atoms with van der Waals surface area (Å²) < 4.78 is 11.2. The summed E-state index contributed by atoms with van der Waals surface area (Å²) in [6.07, 6.45) is 0.967. The lowest BCUT2D eigenvalue weighted by atomic mass is 10.0. The van der Waals surface area contributed by atoms with Crippen LogP contribution in [-0.4, -0.2) is 61.0 Å². The van der Waals surface area contributed by atoms with E-state index in [0.717, 1.165) is 35.3 Å². The van der Waals surface area contributed by atoms with E-state index in [0.29, 0.717) is 49.3 Å². The van der Waals surface area contributed by atoms with Gasteiger partial charge in [-0.3, -0.25) is 10.2 Å². The second kappa shape index (κ2) is 10.7. The molecule has 198 valence electrons. The number of anilines is 2. The number of carbonyl (C=O) groups is 1. The number of rotatable bonds is 5. The molecule has 0 bridgehead atoms. The molecule has 2 aromatic carbocycles. The number of benzene rings is 2. The van der Waals surface area contributed by atoms with Crippen molar-refractivity contribution < 1.29 is 14.3 Å². The highest BCUT2D eigenvalue weighted by atomic mass is 16.5. The summed E-state index contributed by atoms with van der Waals surface area (Å²) in [6.45, 7) is 2.58. The maximum absolute atomic E-state index is 13.1. The molecule has 1 amide bonds. The number of nitrogens with zero attached hydrogens (tertiary/aromatic N) is 4. The Hall–Kier alpha value is -4.57. The van der Waals surface area contributed by atoms with E-state index in [1.807, 2.05) is 66.7 Å². The maximum atomic E-state index is 13.1. The number of aromatic nitrogens is 1. The van der Waals surface area contributed by atoms with E-state index in [2.05, 4.69) is 20.2 Å². The number of benzodiazepines with no additional fused rings is 1. The van der Waals surface area contributed by atoms with E-state index in [4.69, 9.17) is 25.6 Å². The van der Waals surface area contributed by atoms with Crippen LogP contribution in [0, 0.1) is 5.41 Å². The normalized spacial score (nSPS) is 19.4. The third-order valence-electron chi connectivity index (χ3n) is 6.89. The minimum absolute atomic E-state index is 0.232. The molecular weight excluding hydrogens is 494 g/mol. The SMILES string of the molecule is N=C(OC(N)=NC1N=C(c2ccccc2)c2ccccc2NC1=O)c1nc(C2CC2)ccc1N1CCOCC1. The average Bonchev–Trinajstić information content (AvgIpc) is 3.83. The first-order valence-electron chi connectivity index (χ1n) is 13.0. The Morgan fingerprint density at radius 3 is 2.56 bits per heavy atom. The van der Waals surface area contributed by atoms with E-state index in [9.17, 15) is 4.79 Å². The number of morpholine rings is 1. The molecule has 2 fully saturated rings. The fraction of sp³-hybridized carbons (Fsp3) is 0.276. The van der Waals surface area contributed by atoms with Crippen LogP contribution < -0.4 is 16.0 Å². The molecule has 3 aliphatic rings. The summed E-state index contributed by atoms with van der Waals surface area (Å²) in [5.74, 6) is -0.275. The summed E-state index contributed by atoms with van der Waals surface area (Å²) >= 11 is 0. The third kappa shape index (κ3) is 5.37. The molecule has 0 spiro atoms. The first-order valence-corrected chi connectivity index (χ1v) is 13.0. The Bertz CT molecular complexity index is 1460. The van der Waals surface area contributed by atoms with Gasteiger partial charge in [-0.15, -0.1) is 0 Å². The molecule has 4 N–H and O–H groups in total. The lowest BCUT2D eigenvalue weighted by Gasteiger charge is -2.30. The summed E-state index contributed by atoms with van der Waals surface area (Å²) in [7, 11) is 0. The second-order valence-electron chi connectivity index (χ2n) is 9.63. The van der Waals surface area contributed by atoms with Crippen LogP contribution in [0.2, 0.25) is 0 Å². The van der Waals surface area contributed by atoms with Crippen molar-refractivity contribution in [3.05, 3.63) is 89.2 Å². The van der Waals surface area contributed by atoms with Crippen LogP contribution in [0.4, 0.5) is 11.4 Å². The topological polar surface area (TPSA) is 138 Å². The molecule has 3 heterocycles. The van der Waals surface area contributed by atoms with Crippen molar-refractivity contribution in [2.75, 3.05) is 36.5 Å². The van der Waals surface area contributed by atoms with Crippen LogP contribution in [0.5, 0.6) is 0 Å². The van der Waals surface area contributed by atoms with Crippen molar-refractivity contribution in [2.24, 2.45) is 15.7 Å². The molecule has 10 heteroatoms. The maximum Gasteiger partial charge on any atom is 0.291 e. The van der Waals surface area contributed by atoms with Gasteiger partial charge in [-0.2, -0.15) is 4.99 Å². The molecule has 1 aromatic heterocycles. The fourth-order valence-electron chi connectivity index (χ4n) is 4.76. The molecule has 1 saturated heterocycles. The highest BCUT2D eigenvalue weighted by molar-refractivity contribution is 6.19. The van der Waals surface area contributed by atoms with Crippen LogP contribution in [0.25, 0.3) is 0 Å². The van der Waals surface area contributed by atoms with Gasteiger partial charge in [0.15, 0.2) is 0 Å². The first kappa shape index (κ1) is 24.7. The summed E-state index contributed by atoms with van der Waals surface area (Å²) in [4.78, 5) is 29.0. The third-order valence-corrected chi connectivity index (χ3v) is 6.89. The quantitative estimate of drug-likeness (QED) is 0.347. The van der Waals surface area contributed by atoms with Crippen LogP contribution in [0.3, 0.4) is 0 Å². The second-order valence-corrected chi connectivity index (χ2v) is 9.63. The minimum atomic E-state index is -1.20. The number of nitrogens with one attached hydrogen (secondary N) is 2. The molecule has 3 aromatic rings. The molecule has 1 aliphatic carbocycles. The molecule has 39 heavy (non-hydrogen) atoms. The predicted molar refractivity (Wildman–Crippen MR) is 150 cm³/mol. The summed E-state index contributed by atoms with van der Waals surface area (Å²) in [5, 5.41) is 11.6. The average molecular weight is 524 g/mol. The van der Waals surface area contributed by atoms with Gasteiger partial charge in [-0.05, 0) is 31.0 Å². The molecule has 10 nitrogen and oxygen atoms in total. The lowest BCUT2D eigenvalue weighted by molar-refractivity contribution is -0.117. The van der Waals surface area contributed by atoms with Crippen molar-refractivity contribution >= 4 is 34.9 Å². The van der Waals surface area contributed by atoms with Gasteiger partial charge in [0, 0.05) is 35.8 Å². The molecule has 1 unspecified atom stereocenters. The Kier molecular flexibility index (Phi) is 6.76. The van der Waals surface area contributed by atoms with E-state index in [1.165, 1.54) is 0 Å². The zero-order valence-electron chi connectivity index (χ0n) is 21.3. The van der Waals surface area contributed by atoms with Crippen molar-refractivity contribution in [3.8, 4) is 0 Å². The Labute approximate surface area is 226 Å². The zero-order chi connectivity index (χ0) is 26.8. The highest BCUT2D eigenvalue weighted by Crippen LogP contribution is 2.40. The minimum Gasteiger partial charge on any atom is -0.405 e. The molecular formula is C29H29N7O3. The van der Waals surface area contributed by atoms with E-state index < -0.39 is 12.1 Å². The number of aliphatic imine (C=N–C) groups is 2. The highest BCUT2D eigenvalue weighted by Gasteiger charge is 2.29. The van der Waals surface area contributed by atoms with Crippen molar-refractivity contribution in [3.63, 3.8) is 0 Å². The van der Waals surface area contributed by atoms with Gasteiger partial charge in [0.05, 0.1) is 30.3 Å². The largest absolute Gasteiger partial charge is 0.405 e. The van der Waals surface area contributed by atoms with Crippen LogP contribution in [-0.2, 0) is 14.3 Å². The standard InChI is InChI=1S/C29H29N7O3/c30-26(25-23(36-14-16-38-17-15-36)13-12-21(32-25)18-10-11-18)39-29(31)35-27-28(37)33-22-9-5-4-8-20(22)24(34-27)19-6-2-1-3-7-19/h1-9,12-13,18,27,30H,10-11,14-17H2,(H2,31,35)(H,33,37). The number of amidine groups is 1. The number of nitrogens with two attached hydrogens (primary N) is 1. The molecule has 1 atom stereocenters. The van der Waals surface area contributed by atoms with E-state index >= 15 is 0 Å². The number of fused-ring (bicyclic) bond motifs is 1. The van der Waals surface area contributed by atoms with Crippen LogP contribution in [0.15, 0.2) is 76.7 Å². The number of pyridine rings is 1. The van der Waals surface area contributed by atoms with Crippen LogP contribution >= 0.6 is 0 Å². The molecule has 2 aliphatic heterocycles. The fourth-order valence-corrected chi connectivity index (χ4v) is 4.76. The first-order chi connectivity index (χ1) is 19.1. The van der Waals surface area contributed by atoms with Gasteiger partial charge in [0.25, 0.3) is 11.9 Å². The Morgan fingerprint density at radius 2 is 1.79 bits per heavy atom. The number of para-hydroxylation sites is 1. The molecule has 0 radical (unpaired) electrons. The van der Waals surface area contributed by atoms with Gasteiger partial charge in [0.1, 0.15) is 5.69 Å². The number of carbonyl (C=O) groups excluding carboxylic acids is 1. The number of ether oxygens (including phenoxy) is 2. The molecule has 1 saturated carbocycles. The summed E-state index contributed by atoms with van der Waals surface area (Å²) in [6, 6.07) is 20.7.